The van der Waals surface area contributed by atoms with E-state index in [1.165, 1.54) is 4.90 Å². The van der Waals surface area contributed by atoms with Gasteiger partial charge in [-0.15, -0.1) is 0 Å². The molecule has 0 spiro atoms. The van der Waals surface area contributed by atoms with Crippen molar-refractivity contribution in [1.29, 1.82) is 0 Å². The smallest absolute Gasteiger partial charge is 0.274 e. The molecule has 0 unspecified atom stereocenters. The number of hydrogen-bond acceptors (Lipinski definition) is 7. The lowest BCUT2D eigenvalue weighted by Gasteiger charge is -2.28. The zero-order valence-electron chi connectivity index (χ0n) is 15.2. The van der Waals surface area contributed by atoms with Gasteiger partial charge in [-0.1, -0.05) is 39.7 Å². The largest absolute Gasteiger partial charge is 0.329 e. The predicted molar refractivity (Wildman–Crippen MR) is 111 cm³/mol. The van der Waals surface area contributed by atoms with E-state index in [1.54, 1.807) is 12.1 Å². The summed E-state index contributed by atoms with van der Waals surface area (Å²) in [5.41, 5.74) is 0.493. The van der Waals surface area contributed by atoms with Crippen LogP contribution in [0, 0.1) is 0 Å². The molecule has 1 aromatic heterocycles. The summed E-state index contributed by atoms with van der Waals surface area (Å²) < 4.78 is 48.3. The number of halogens is 2. The van der Waals surface area contributed by atoms with Crippen molar-refractivity contribution in [3.05, 3.63) is 51.2 Å². The van der Waals surface area contributed by atoms with E-state index >= 15 is 0 Å². The zero-order chi connectivity index (χ0) is 21.4. The Morgan fingerprint density at radius 2 is 2.10 bits per heavy atom. The fourth-order valence-electron chi connectivity index (χ4n) is 3.04. The third kappa shape index (κ3) is 5.33. The van der Waals surface area contributed by atoms with Crippen LogP contribution in [0.25, 0.3) is 0 Å². The van der Waals surface area contributed by atoms with E-state index in [4.69, 9.17) is 11.6 Å². The van der Waals surface area contributed by atoms with Crippen LogP contribution in [0.15, 0.2) is 40.1 Å². The van der Waals surface area contributed by atoms with Crippen LogP contribution in [0.3, 0.4) is 0 Å². The molecule has 156 valence electrons. The van der Waals surface area contributed by atoms with E-state index in [2.05, 4.69) is 25.9 Å². The Bertz CT molecular complexity index is 1170. The maximum absolute atomic E-state index is 13.3. The summed E-state index contributed by atoms with van der Waals surface area (Å²) >= 11 is 9.45. The first-order valence-electron chi connectivity index (χ1n) is 8.45. The van der Waals surface area contributed by atoms with Crippen LogP contribution in [-0.4, -0.2) is 61.4 Å². The molecule has 29 heavy (non-hydrogen) atoms. The predicted octanol–water partition coefficient (Wildman–Crippen LogP) is 2.13. The van der Waals surface area contributed by atoms with Gasteiger partial charge in [-0.05, 0) is 24.1 Å². The average molecular weight is 523 g/mol. The Balaban J connectivity index is 2.03. The summed E-state index contributed by atoms with van der Waals surface area (Å²) in [6, 6.07) is 6.67. The van der Waals surface area contributed by atoms with Crippen LogP contribution in [0.2, 0.25) is 5.02 Å². The molecule has 2 aromatic rings. The molecule has 0 N–H and O–H groups in total. The normalized spacial score (nSPS) is 18.5. The van der Waals surface area contributed by atoms with E-state index in [0.717, 1.165) is 22.5 Å². The molecule has 1 aliphatic rings. The second-order valence-electron chi connectivity index (χ2n) is 6.74. The number of rotatable bonds is 5. The van der Waals surface area contributed by atoms with Crippen molar-refractivity contribution in [3.8, 4) is 0 Å². The van der Waals surface area contributed by atoms with Gasteiger partial charge in [0.1, 0.15) is 0 Å². The number of aromatic nitrogens is 2. The van der Waals surface area contributed by atoms with Gasteiger partial charge in [-0.2, -0.15) is 0 Å². The molecule has 0 saturated carbocycles. The molecule has 3 rings (SSSR count). The molecule has 2 heterocycles. The standard InChI is InChI=1S/C17H17BrClN3O5S2/c1-28(24,25)17-20-8-14(19)15(21-17)16(23)22(13-5-6-29(26,27)10-13)9-11-3-2-4-12(18)7-11/h2-4,7-8,13H,5-6,9-10H2,1H3/t13-/m1/s1. The van der Waals surface area contributed by atoms with Gasteiger partial charge in [0.25, 0.3) is 5.91 Å². The molecular formula is C17H17BrClN3O5S2. The van der Waals surface area contributed by atoms with Gasteiger partial charge in [0.2, 0.25) is 15.0 Å². The molecule has 8 nitrogen and oxygen atoms in total. The maximum Gasteiger partial charge on any atom is 0.274 e. The number of benzene rings is 1. The highest BCUT2D eigenvalue weighted by molar-refractivity contribution is 9.10. The van der Waals surface area contributed by atoms with Crippen molar-refractivity contribution in [1.82, 2.24) is 14.9 Å². The summed E-state index contributed by atoms with van der Waals surface area (Å²) in [6.45, 7) is 0.118. The van der Waals surface area contributed by atoms with Crippen molar-refractivity contribution in [2.75, 3.05) is 17.8 Å². The zero-order valence-corrected chi connectivity index (χ0v) is 19.2. The third-order valence-corrected chi connectivity index (χ3v) is 7.79. The molecule has 0 aliphatic carbocycles. The molecular weight excluding hydrogens is 506 g/mol. The van der Waals surface area contributed by atoms with Gasteiger partial charge in [0.15, 0.2) is 15.5 Å². The van der Waals surface area contributed by atoms with Crippen LogP contribution in [0.4, 0.5) is 0 Å². The molecule has 12 heteroatoms. The third-order valence-electron chi connectivity index (χ3n) is 4.41. The first kappa shape index (κ1) is 22.1. The monoisotopic (exact) mass is 521 g/mol. The second kappa shape index (κ2) is 8.29. The molecule has 1 amide bonds. The Morgan fingerprint density at radius 3 is 2.69 bits per heavy atom. The van der Waals surface area contributed by atoms with Gasteiger partial charge in [0.05, 0.1) is 22.7 Å². The van der Waals surface area contributed by atoms with Crippen LogP contribution < -0.4 is 0 Å². The minimum Gasteiger partial charge on any atom is -0.329 e. The van der Waals surface area contributed by atoms with Crippen molar-refractivity contribution < 1.29 is 21.6 Å². The summed E-state index contributed by atoms with van der Waals surface area (Å²) in [5.74, 6) is -0.843. The van der Waals surface area contributed by atoms with Gasteiger partial charge in [-0.3, -0.25) is 4.79 Å². The van der Waals surface area contributed by atoms with Crippen LogP contribution in [0.5, 0.6) is 0 Å². The molecule has 1 fully saturated rings. The van der Waals surface area contributed by atoms with Crippen molar-refractivity contribution in [2.45, 2.75) is 24.2 Å². The topological polar surface area (TPSA) is 114 Å². The molecule has 0 bridgehead atoms. The van der Waals surface area contributed by atoms with Gasteiger partial charge in [-0.25, -0.2) is 26.8 Å². The lowest BCUT2D eigenvalue weighted by molar-refractivity contribution is 0.0674. The molecule has 1 aliphatic heterocycles. The van der Waals surface area contributed by atoms with Crippen molar-refractivity contribution in [2.24, 2.45) is 0 Å². The lowest BCUT2D eigenvalue weighted by atomic mass is 10.1. The van der Waals surface area contributed by atoms with E-state index in [9.17, 15) is 21.6 Å². The summed E-state index contributed by atoms with van der Waals surface area (Å²) in [5, 5.41) is -0.630. The number of amides is 1. The summed E-state index contributed by atoms with van der Waals surface area (Å²) in [4.78, 5) is 22.2. The SMILES string of the molecule is CS(=O)(=O)c1ncc(Cl)c(C(=O)N(Cc2cccc(Br)c2)[C@@H]2CCS(=O)(=O)C2)n1. The molecule has 1 aromatic carbocycles. The lowest BCUT2D eigenvalue weighted by Crippen LogP contribution is -2.41. The Hall–Kier alpha value is -1.56. The molecule has 1 atom stereocenters. The number of hydrogen-bond donors (Lipinski definition) is 0. The minimum atomic E-state index is -3.76. The van der Waals surface area contributed by atoms with Crippen molar-refractivity contribution >= 4 is 53.1 Å². The van der Waals surface area contributed by atoms with Crippen molar-refractivity contribution in [3.63, 3.8) is 0 Å². The molecule has 0 radical (unpaired) electrons. The van der Waals surface area contributed by atoms with E-state index < -0.39 is 36.8 Å². The van der Waals surface area contributed by atoms with Gasteiger partial charge >= 0.3 is 0 Å². The average Bonchev–Trinajstić information content (AvgIpc) is 2.98. The maximum atomic E-state index is 13.3. The van der Waals surface area contributed by atoms with E-state index in [1.807, 2.05) is 12.1 Å². The Kier molecular flexibility index (Phi) is 6.32. The number of carbonyl (C=O) groups excluding carboxylic acids is 1. The Labute approximate surface area is 182 Å². The van der Waals surface area contributed by atoms with Gasteiger partial charge < -0.3 is 4.90 Å². The highest BCUT2D eigenvalue weighted by atomic mass is 79.9. The summed E-state index contributed by atoms with van der Waals surface area (Å²) in [7, 11) is -7.02. The first-order valence-corrected chi connectivity index (χ1v) is 13.3. The van der Waals surface area contributed by atoms with E-state index in [0.29, 0.717) is 0 Å². The highest BCUT2D eigenvalue weighted by Crippen LogP contribution is 2.25. The van der Waals surface area contributed by atoms with Crippen LogP contribution in [0.1, 0.15) is 22.5 Å². The fraction of sp³-hybridized carbons (Fsp3) is 0.353. The molecule has 1 saturated heterocycles. The first-order chi connectivity index (χ1) is 13.5. The second-order valence-corrected chi connectivity index (χ2v) is 12.2. The van der Waals surface area contributed by atoms with E-state index in [-0.39, 0.29) is 35.2 Å². The quantitative estimate of drug-likeness (QED) is 0.553. The highest BCUT2D eigenvalue weighted by Gasteiger charge is 2.36. The van der Waals surface area contributed by atoms with Crippen LogP contribution >= 0.6 is 27.5 Å². The van der Waals surface area contributed by atoms with Crippen LogP contribution in [-0.2, 0) is 26.2 Å². The Morgan fingerprint density at radius 1 is 1.38 bits per heavy atom. The number of sulfone groups is 2. The number of nitrogens with zero attached hydrogens (tertiary/aromatic N) is 3. The fourth-order valence-corrected chi connectivity index (χ4v) is 5.89. The summed E-state index contributed by atoms with van der Waals surface area (Å²) in [6.07, 6.45) is 2.26. The van der Waals surface area contributed by atoms with Gasteiger partial charge in [0, 0.05) is 23.3 Å². The number of carbonyl (C=O) groups is 1. The minimum absolute atomic E-state index is 0.0218.